The Balaban J connectivity index is 1.73. The Bertz CT molecular complexity index is 987. The number of para-hydroxylation sites is 1. The lowest BCUT2D eigenvalue weighted by Crippen LogP contribution is -2.55. The van der Waals surface area contributed by atoms with Crippen molar-refractivity contribution in [3.8, 4) is 0 Å². The molecule has 28 heavy (non-hydrogen) atoms. The summed E-state index contributed by atoms with van der Waals surface area (Å²) in [5.74, 6) is -1.15. The van der Waals surface area contributed by atoms with Gasteiger partial charge in [-0.15, -0.1) is 0 Å². The van der Waals surface area contributed by atoms with Crippen molar-refractivity contribution in [1.29, 1.82) is 0 Å². The summed E-state index contributed by atoms with van der Waals surface area (Å²) in [6, 6.07) is 7.37. The highest BCUT2D eigenvalue weighted by Crippen LogP contribution is 2.23. The average Bonchev–Trinajstić information content (AvgIpc) is 3.03. The molecule has 1 N–H and O–H groups in total. The van der Waals surface area contributed by atoms with Gasteiger partial charge in [0.05, 0.1) is 5.56 Å². The van der Waals surface area contributed by atoms with Gasteiger partial charge in [0.15, 0.2) is 0 Å². The zero-order chi connectivity index (χ0) is 20.5. The molecule has 0 unspecified atom stereocenters. The summed E-state index contributed by atoms with van der Waals surface area (Å²) in [5, 5.41) is 0.723. The molecule has 152 valence electrons. The van der Waals surface area contributed by atoms with Gasteiger partial charge in [-0.2, -0.15) is 17.0 Å². The van der Waals surface area contributed by atoms with Crippen LogP contribution < -0.4 is 0 Å². The molecule has 2 aromatic rings. The van der Waals surface area contributed by atoms with E-state index in [1.54, 1.807) is 20.8 Å². The Labute approximate surface area is 165 Å². The number of ketones is 1. The van der Waals surface area contributed by atoms with Crippen molar-refractivity contribution in [3.63, 3.8) is 0 Å². The van der Waals surface area contributed by atoms with Crippen molar-refractivity contribution in [2.75, 3.05) is 39.3 Å². The molecule has 0 aliphatic carbocycles. The van der Waals surface area contributed by atoms with Crippen LogP contribution in [0, 0.1) is 6.92 Å². The van der Waals surface area contributed by atoms with Crippen LogP contribution >= 0.6 is 0 Å². The number of nitrogens with zero attached hydrogens (tertiary/aromatic N) is 3. The van der Waals surface area contributed by atoms with Crippen LogP contribution in [0.2, 0.25) is 0 Å². The summed E-state index contributed by atoms with van der Waals surface area (Å²) in [5.41, 5.74) is 1.85. The second-order valence-electron chi connectivity index (χ2n) is 6.78. The van der Waals surface area contributed by atoms with Gasteiger partial charge < -0.3 is 9.88 Å². The van der Waals surface area contributed by atoms with Gasteiger partial charge in [0.1, 0.15) is 0 Å². The molecule has 0 atom stereocenters. The second-order valence-corrected chi connectivity index (χ2v) is 8.71. The van der Waals surface area contributed by atoms with Crippen molar-refractivity contribution >= 4 is 32.8 Å². The average molecular weight is 407 g/mol. The number of aryl methyl sites for hydroxylation is 1. The molecule has 1 aromatic heterocycles. The maximum Gasteiger partial charge on any atom is 0.295 e. The molecule has 1 saturated heterocycles. The van der Waals surface area contributed by atoms with Crippen molar-refractivity contribution in [2.45, 2.75) is 20.8 Å². The van der Waals surface area contributed by atoms with Crippen LogP contribution in [0.3, 0.4) is 0 Å². The Morgan fingerprint density at radius 3 is 2.29 bits per heavy atom. The molecule has 8 nitrogen and oxygen atoms in total. The second kappa shape index (κ2) is 8.02. The number of hydrogen-bond acceptors (Lipinski definition) is 4. The van der Waals surface area contributed by atoms with Gasteiger partial charge in [-0.25, -0.2) is 0 Å². The number of carbonyl (C=O) groups excluding carboxylic acids is 2. The smallest absolute Gasteiger partial charge is 0.295 e. The number of carbonyl (C=O) groups is 2. The number of nitrogens with one attached hydrogen (secondary N) is 1. The summed E-state index contributed by atoms with van der Waals surface area (Å²) in [6.45, 7) is 6.93. The van der Waals surface area contributed by atoms with Gasteiger partial charge in [-0.1, -0.05) is 32.0 Å². The summed E-state index contributed by atoms with van der Waals surface area (Å²) >= 11 is 0. The van der Waals surface area contributed by atoms with Crippen LogP contribution in [-0.2, 0) is 15.0 Å². The number of aromatic nitrogens is 1. The van der Waals surface area contributed by atoms with Crippen molar-refractivity contribution in [3.05, 3.63) is 35.5 Å². The fraction of sp³-hybridized carbons (Fsp3) is 0.474. The first kappa shape index (κ1) is 20.5. The van der Waals surface area contributed by atoms with Crippen LogP contribution in [0.4, 0.5) is 0 Å². The fourth-order valence-electron chi connectivity index (χ4n) is 3.65. The Morgan fingerprint density at radius 1 is 1.07 bits per heavy atom. The van der Waals surface area contributed by atoms with Gasteiger partial charge in [0, 0.05) is 55.9 Å². The Kier molecular flexibility index (Phi) is 5.87. The van der Waals surface area contributed by atoms with Crippen LogP contribution in [0.15, 0.2) is 24.3 Å². The van der Waals surface area contributed by atoms with Gasteiger partial charge >= 0.3 is 0 Å². The van der Waals surface area contributed by atoms with Crippen LogP contribution in [-0.4, -0.2) is 77.9 Å². The zero-order valence-corrected chi connectivity index (χ0v) is 17.3. The minimum Gasteiger partial charge on any atom is -0.358 e. The van der Waals surface area contributed by atoms with E-state index in [4.69, 9.17) is 0 Å². The van der Waals surface area contributed by atoms with E-state index in [0.29, 0.717) is 24.3 Å². The normalized spacial score (nSPS) is 16.1. The Hall–Kier alpha value is -2.23. The number of fused-ring (bicyclic) bond motifs is 1. The number of amides is 1. The zero-order valence-electron chi connectivity index (χ0n) is 16.4. The van der Waals surface area contributed by atoms with Gasteiger partial charge in [-0.05, 0) is 13.0 Å². The molecule has 3 rings (SSSR count). The van der Waals surface area contributed by atoms with E-state index in [1.165, 1.54) is 13.5 Å². The number of hydrogen-bond donors (Lipinski definition) is 1. The minimum absolute atomic E-state index is 0.185. The fourth-order valence-corrected chi connectivity index (χ4v) is 5.26. The van der Waals surface area contributed by atoms with Crippen LogP contribution in [0.25, 0.3) is 10.9 Å². The predicted octanol–water partition coefficient (Wildman–Crippen LogP) is 1.39. The number of piperazine rings is 1. The first-order valence-corrected chi connectivity index (χ1v) is 10.9. The molecule has 1 aliphatic heterocycles. The standard InChI is InChI=1S/C19H26N4O4S/c1-4-22(5-2)28(26,27)23-12-10-21(11-13-23)19(25)18(24)17-14(3)20-16-9-7-6-8-15(16)17/h6-9,20H,4-5,10-13H2,1-3H3. The molecule has 0 spiro atoms. The van der Waals surface area contributed by atoms with Crippen LogP contribution in [0.1, 0.15) is 29.9 Å². The SMILES string of the molecule is CCN(CC)S(=O)(=O)N1CCN(C(=O)C(=O)c2c(C)[nH]c3ccccc23)CC1. The lowest BCUT2D eigenvalue weighted by molar-refractivity contribution is -0.127. The van der Waals surface area contributed by atoms with E-state index in [2.05, 4.69) is 4.98 Å². The van der Waals surface area contributed by atoms with Crippen LogP contribution in [0.5, 0.6) is 0 Å². The van der Waals surface area contributed by atoms with Gasteiger partial charge in [0.2, 0.25) is 0 Å². The van der Waals surface area contributed by atoms with E-state index in [0.717, 1.165) is 10.9 Å². The van der Waals surface area contributed by atoms with E-state index >= 15 is 0 Å². The van der Waals surface area contributed by atoms with Crippen molar-refractivity contribution in [1.82, 2.24) is 18.5 Å². The molecule has 0 saturated carbocycles. The molecule has 0 bridgehead atoms. The molecule has 1 aliphatic rings. The molecule has 1 amide bonds. The summed E-state index contributed by atoms with van der Waals surface area (Å²) in [4.78, 5) is 30.2. The number of aromatic amines is 1. The quantitative estimate of drug-likeness (QED) is 0.579. The van der Waals surface area contributed by atoms with E-state index in [1.807, 2.05) is 24.3 Å². The number of H-pyrrole nitrogens is 1. The summed E-state index contributed by atoms with van der Waals surface area (Å²) < 4.78 is 28.0. The van der Waals surface area contributed by atoms with E-state index < -0.39 is 21.9 Å². The lowest BCUT2D eigenvalue weighted by atomic mass is 10.1. The molecular weight excluding hydrogens is 380 g/mol. The third kappa shape index (κ3) is 3.57. The number of rotatable bonds is 6. The summed E-state index contributed by atoms with van der Waals surface area (Å²) in [6.07, 6.45) is 0. The lowest BCUT2D eigenvalue weighted by Gasteiger charge is -2.36. The third-order valence-corrected chi connectivity index (χ3v) is 7.39. The molecule has 1 fully saturated rings. The molecular formula is C19H26N4O4S. The molecule has 0 radical (unpaired) electrons. The van der Waals surface area contributed by atoms with Gasteiger partial charge in [-0.3, -0.25) is 9.59 Å². The highest BCUT2D eigenvalue weighted by molar-refractivity contribution is 7.86. The molecule has 9 heteroatoms. The van der Waals surface area contributed by atoms with E-state index in [-0.39, 0.29) is 26.2 Å². The van der Waals surface area contributed by atoms with E-state index in [9.17, 15) is 18.0 Å². The maximum absolute atomic E-state index is 12.9. The van der Waals surface area contributed by atoms with Crippen molar-refractivity contribution in [2.24, 2.45) is 0 Å². The maximum atomic E-state index is 12.9. The summed E-state index contributed by atoms with van der Waals surface area (Å²) in [7, 11) is -3.53. The number of Topliss-reactive ketones (excluding diaryl/α,β-unsaturated/α-hetero) is 1. The first-order valence-electron chi connectivity index (χ1n) is 9.47. The highest BCUT2D eigenvalue weighted by atomic mass is 32.2. The number of benzene rings is 1. The largest absolute Gasteiger partial charge is 0.358 e. The highest BCUT2D eigenvalue weighted by Gasteiger charge is 2.34. The Morgan fingerprint density at radius 2 is 1.68 bits per heavy atom. The van der Waals surface area contributed by atoms with Crippen molar-refractivity contribution < 1.29 is 18.0 Å². The predicted molar refractivity (Wildman–Crippen MR) is 107 cm³/mol. The topological polar surface area (TPSA) is 93.8 Å². The molecule has 1 aromatic carbocycles. The van der Waals surface area contributed by atoms with Gasteiger partial charge in [0.25, 0.3) is 21.9 Å². The molecule has 2 heterocycles. The minimum atomic E-state index is -3.53. The monoisotopic (exact) mass is 406 g/mol. The first-order chi connectivity index (χ1) is 13.3. The third-order valence-electron chi connectivity index (χ3n) is 5.20.